The van der Waals surface area contributed by atoms with E-state index in [1.165, 1.54) is 0 Å². The van der Waals surface area contributed by atoms with Gasteiger partial charge in [-0.1, -0.05) is 0 Å². The zero-order chi connectivity index (χ0) is 13.6. The molecule has 7 heteroatoms. The number of halogens is 4. The first-order chi connectivity index (χ1) is 8.22. The molecule has 0 unspecified atom stereocenters. The minimum atomic E-state index is -4.59. The summed E-state index contributed by atoms with van der Waals surface area (Å²) in [5.74, 6) is -1.60. The van der Waals surface area contributed by atoms with Crippen LogP contribution in [0.1, 0.15) is 18.4 Å². The molecular formula is C11H10F4N2O. The molecule has 0 aliphatic heterocycles. The maximum atomic E-state index is 13.3. The number of hydrogen-bond donors (Lipinski definition) is 2. The van der Waals surface area contributed by atoms with E-state index in [9.17, 15) is 22.4 Å². The van der Waals surface area contributed by atoms with E-state index in [-0.39, 0.29) is 0 Å². The second-order valence-corrected chi connectivity index (χ2v) is 4.30. The number of carbonyl (C=O) groups is 1. The van der Waals surface area contributed by atoms with Crippen LogP contribution >= 0.6 is 0 Å². The van der Waals surface area contributed by atoms with Crippen LogP contribution in [0.3, 0.4) is 0 Å². The van der Waals surface area contributed by atoms with Crippen LogP contribution in [-0.4, -0.2) is 11.4 Å². The van der Waals surface area contributed by atoms with Crippen LogP contribution in [0.25, 0.3) is 0 Å². The Kier molecular flexibility index (Phi) is 2.81. The first-order valence-electron chi connectivity index (χ1n) is 5.19. The van der Waals surface area contributed by atoms with E-state index in [2.05, 4.69) is 5.32 Å². The summed E-state index contributed by atoms with van der Waals surface area (Å²) in [6.45, 7) is 0. The number of carbonyl (C=O) groups excluding carboxylic acids is 1. The van der Waals surface area contributed by atoms with Gasteiger partial charge in [-0.25, -0.2) is 4.39 Å². The lowest BCUT2D eigenvalue weighted by Gasteiger charge is -2.13. The van der Waals surface area contributed by atoms with Gasteiger partial charge in [0, 0.05) is 0 Å². The van der Waals surface area contributed by atoms with Crippen molar-refractivity contribution in [2.75, 3.05) is 5.32 Å². The molecule has 18 heavy (non-hydrogen) atoms. The van der Waals surface area contributed by atoms with E-state index in [0.29, 0.717) is 31.0 Å². The number of alkyl halides is 3. The first-order valence-corrected chi connectivity index (χ1v) is 5.19. The Bertz CT molecular complexity index is 494. The predicted octanol–water partition coefficient (Wildman–Crippen LogP) is 2.27. The molecular weight excluding hydrogens is 252 g/mol. The molecule has 0 bridgehead atoms. The SMILES string of the molecule is NC1(C(=O)Nc2cc(C(F)(F)F)ccc2F)CC1. The summed E-state index contributed by atoms with van der Waals surface area (Å²) >= 11 is 0. The third kappa shape index (κ3) is 2.45. The zero-order valence-corrected chi connectivity index (χ0v) is 9.14. The fourth-order valence-corrected chi connectivity index (χ4v) is 1.41. The Balaban J connectivity index is 2.24. The molecule has 3 N–H and O–H groups in total. The van der Waals surface area contributed by atoms with Crippen molar-refractivity contribution in [3.8, 4) is 0 Å². The average molecular weight is 262 g/mol. The summed E-state index contributed by atoms with van der Waals surface area (Å²) in [6, 6.07) is 1.83. The van der Waals surface area contributed by atoms with Crippen LogP contribution in [0.5, 0.6) is 0 Å². The van der Waals surface area contributed by atoms with Crippen molar-refractivity contribution in [1.29, 1.82) is 0 Å². The second-order valence-electron chi connectivity index (χ2n) is 4.30. The molecule has 0 saturated heterocycles. The average Bonchev–Trinajstić information content (AvgIpc) is 2.99. The maximum absolute atomic E-state index is 13.3. The van der Waals surface area contributed by atoms with Gasteiger partial charge in [0.2, 0.25) is 5.91 Å². The van der Waals surface area contributed by atoms with Gasteiger partial charge in [0.05, 0.1) is 16.8 Å². The quantitative estimate of drug-likeness (QED) is 0.803. The first kappa shape index (κ1) is 12.8. The minimum absolute atomic E-state index is 0.444. The Hall–Kier alpha value is -1.63. The lowest BCUT2D eigenvalue weighted by Crippen LogP contribution is -2.38. The van der Waals surface area contributed by atoms with Crippen molar-refractivity contribution in [3.63, 3.8) is 0 Å². The van der Waals surface area contributed by atoms with Gasteiger partial charge in [-0.05, 0) is 31.0 Å². The molecule has 1 aliphatic carbocycles. The van der Waals surface area contributed by atoms with Gasteiger partial charge in [0.1, 0.15) is 5.82 Å². The summed E-state index contributed by atoms with van der Waals surface area (Å²) in [5.41, 5.74) is 2.95. The van der Waals surface area contributed by atoms with E-state index in [4.69, 9.17) is 5.73 Å². The van der Waals surface area contributed by atoms with E-state index < -0.39 is 34.7 Å². The number of anilines is 1. The Morgan fingerprint density at radius 2 is 1.94 bits per heavy atom. The minimum Gasteiger partial charge on any atom is -0.322 e. The highest BCUT2D eigenvalue weighted by Gasteiger charge is 2.46. The van der Waals surface area contributed by atoms with Gasteiger partial charge in [0.15, 0.2) is 0 Å². The summed E-state index contributed by atoms with van der Waals surface area (Å²) < 4.78 is 50.6. The normalized spacial score (nSPS) is 17.4. The zero-order valence-electron chi connectivity index (χ0n) is 9.14. The van der Waals surface area contributed by atoms with Crippen LogP contribution in [0.4, 0.5) is 23.2 Å². The number of benzene rings is 1. The van der Waals surface area contributed by atoms with E-state index in [1.807, 2.05) is 0 Å². The van der Waals surface area contributed by atoms with Gasteiger partial charge in [-0.15, -0.1) is 0 Å². The van der Waals surface area contributed by atoms with Crippen molar-refractivity contribution in [2.24, 2.45) is 5.73 Å². The molecule has 1 aromatic carbocycles. The molecule has 0 aromatic heterocycles. The molecule has 3 nitrogen and oxygen atoms in total. The molecule has 1 aliphatic rings. The van der Waals surface area contributed by atoms with E-state index >= 15 is 0 Å². The van der Waals surface area contributed by atoms with Crippen LogP contribution in [0.15, 0.2) is 18.2 Å². The van der Waals surface area contributed by atoms with Crippen LogP contribution < -0.4 is 11.1 Å². The molecule has 0 radical (unpaired) electrons. The number of amides is 1. The van der Waals surface area contributed by atoms with Crippen molar-refractivity contribution >= 4 is 11.6 Å². The lowest BCUT2D eigenvalue weighted by atomic mass is 10.1. The van der Waals surface area contributed by atoms with Gasteiger partial charge >= 0.3 is 6.18 Å². The molecule has 0 atom stereocenters. The Morgan fingerprint density at radius 1 is 1.33 bits per heavy atom. The Morgan fingerprint density at radius 3 is 2.44 bits per heavy atom. The van der Waals surface area contributed by atoms with Gasteiger partial charge < -0.3 is 11.1 Å². The standard InChI is InChI=1S/C11H10F4N2O/c12-7-2-1-6(11(13,14)15)5-8(7)17-9(18)10(16)3-4-10/h1-2,5H,3-4,16H2,(H,17,18). The lowest BCUT2D eigenvalue weighted by molar-refractivity contribution is -0.137. The van der Waals surface area contributed by atoms with Crippen molar-refractivity contribution in [2.45, 2.75) is 24.6 Å². The molecule has 98 valence electrons. The fourth-order valence-electron chi connectivity index (χ4n) is 1.41. The van der Waals surface area contributed by atoms with Gasteiger partial charge in [-0.2, -0.15) is 13.2 Å². The highest BCUT2D eigenvalue weighted by atomic mass is 19.4. The maximum Gasteiger partial charge on any atom is 0.416 e. The third-order valence-electron chi connectivity index (χ3n) is 2.78. The van der Waals surface area contributed by atoms with Crippen LogP contribution in [0.2, 0.25) is 0 Å². The third-order valence-corrected chi connectivity index (χ3v) is 2.78. The van der Waals surface area contributed by atoms with Crippen LogP contribution in [0, 0.1) is 5.82 Å². The second kappa shape index (κ2) is 3.94. The van der Waals surface area contributed by atoms with Crippen molar-refractivity contribution in [3.05, 3.63) is 29.6 Å². The molecule has 0 spiro atoms. The molecule has 1 saturated carbocycles. The molecule has 1 aromatic rings. The topological polar surface area (TPSA) is 55.1 Å². The van der Waals surface area contributed by atoms with Crippen molar-refractivity contribution < 1.29 is 22.4 Å². The smallest absolute Gasteiger partial charge is 0.322 e. The largest absolute Gasteiger partial charge is 0.416 e. The van der Waals surface area contributed by atoms with Crippen LogP contribution in [-0.2, 0) is 11.0 Å². The Labute approximate surface area is 100.0 Å². The number of nitrogens with one attached hydrogen (secondary N) is 1. The highest BCUT2D eigenvalue weighted by Crippen LogP contribution is 2.35. The summed E-state index contributed by atoms with van der Waals surface area (Å²) in [4.78, 5) is 11.5. The molecule has 0 heterocycles. The monoisotopic (exact) mass is 262 g/mol. The molecule has 1 fully saturated rings. The number of hydrogen-bond acceptors (Lipinski definition) is 2. The summed E-state index contributed by atoms with van der Waals surface area (Å²) in [7, 11) is 0. The number of rotatable bonds is 2. The molecule has 1 amide bonds. The highest BCUT2D eigenvalue weighted by molar-refractivity contribution is 6.00. The van der Waals surface area contributed by atoms with Gasteiger partial charge in [-0.3, -0.25) is 4.79 Å². The van der Waals surface area contributed by atoms with Crippen molar-refractivity contribution in [1.82, 2.24) is 0 Å². The fraction of sp³-hybridized carbons (Fsp3) is 0.364. The van der Waals surface area contributed by atoms with E-state index in [1.54, 1.807) is 0 Å². The number of nitrogens with two attached hydrogens (primary N) is 1. The van der Waals surface area contributed by atoms with E-state index in [0.717, 1.165) is 0 Å². The van der Waals surface area contributed by atoms with Gasteiger partial charge in [0.25, 0.3) is 0 Å². The molecule has 2 rings (SSSR count). The summed E-state index contributed by atoms with van der Waals surface area (Å²) in [5, 5.41) is 2.09. The summed E-state index contributed by atoms with van der Waals surface area (Å²) in [6.07, 6.45) is -3.70. The predicted molar refractivity (Wildman–Crippen MR) is 56.2 cm³/mol.